The van der Waals surface area contributed by atoms with E-state index in [1.54, 1.807) is 0 Å². The second kappa shape index (κ2) is 27.6. The van der Waals surface area contributed by atoms with Crippen molar-refractivity contribution in [1.29, 1.82) is 0 Å². The summed E-state index contributed by atoms with van der Waals surface area (Å²) in [5.41, 5.74) is 0. The molecule has 0 radical (unpaired) electrons. The van der Waals surface area contributed by atoms with Crippen molar-refractivity contribution in [2.24, 2.45) is 0 Å². The van der Waals surface area contributed by atoms with Crippen molar-refractivity contribution >= 4 is 17.6 Å². The molecular formula is C31H61N3O3. The summed E-state index contributed by atoms with van der Waals surface area (Å²) in [6.45, 7) is 4.61. The van der Waals surface area contributed by atoms with Crippen LogP contribution in [0.25, 0.3) is 0 Å². The summed E-state index contributed by atoms with van der Waals surface area (Å²) in [5.74, 6) is 0.161. The predicted molar refractivity (Wildman–Crippen MR) is 157 cm³/mol. The van der Waals surface area contributed by atoms with Gasteiger partial charge in [0, 0.05) is 38.8 Å². The molecule has 218 valence electrons. The van der Waals surface area contributed by atoms with Gasteiger partial charge in [-0.2, -0.15) is 0 Å². The molecule has 0 aromatic heterocycles. The number of hydrogen-bond acceptors (Lipinski definition) is 4. The van der Waals surface area contributed by atoms with Gasteiger partial charge in [0.1, 0.15) is 5.78 Å². The first-order chi connectivity index (χ1) is 18.0. The Kier molecular flexibility index (Phi) is 26.5. The van der Waals surface area contributed by atoms with E-state index in [2.05, 4.69) is 36.6 Å². The molecule has 0 aromatic carbocycles. The molecule has 0 aromatic rings. The molecule has 0 aliphatic heterocycles. The average Bonchev–Trinajstić information content (AvgIpc) is 2.87. The van der Waals surface area contributed by atoms with Crippen molar-refractivity contribution in [3.63, 3.8) is 0 Å². The molecule has 6 nitrogen and oxygen atoms in total. The minimum Gasteiger partial charge on any atom is -0.356 e. The molecule has 2 amide bonds. The van der Waals surface area contributed by atoms with E-state index in [1.807, 2.05) is 0 Å². The first kappa shape index (κ1) is 35.6. The van der Waals surface area contributed by atoms with Gasteiger partial charge < -0.3 is 15.5 Å². The molecule has 0 bridgehead atoms. The van der Waals surface area contributed by atoms with Gasteiger partial charge in [0.2, 0.25) is 11.8 Å². The largest absolute Gasteiger partial charge is 0.356 e. The fourth-order valence-corrected chi connectivity index (χ4v) is 4.51. The van der Waals surface area contributed by atoms with Gasteiger partial charge in [0.25, 0.3) is 0 Å². The van der Waals surface area contributed by atoms with Crippen LogP contribution < -0.4 is 10.6 Å². The van der Waals surface area contributed by atoms with Gasteiger partial charge in [-0.15, -0.1) is 0 Å². The highest BCUT2D eigenvalue weighted by atomic mass is 16.2. The van der Waals surface area contributed by atoms with Crippen LogP contribution in [0.4, 0.5) is 0 Å². The number of carbonyl (C=O) groups excluding carboxylic acids is 3. The molecule has 0 aliphatic rings. The molecule has 0 heterocycles. The lowest BCUT2D eigenvalue weighted by Crippen LogP contribution is -2.25. The molecule has 37 heavy (non-hydrogen) atoms. The first-order valence-electron chi connectivity index (χ1n) is 15.7. The van der Waals surface area contributed by atoms with Crippen LogP contribution in [-0.4, -0.2) is 56.2 Å². The number of hydrogen-bond donors (Lipinski definition) is 2. The highest BCUT2D eigenvalue weighted by molar-refractivity contribution is 5.84. The Hall–Kier alpha value is -1.43. The van der Waals surface area contributed by atoms with Gasteiger partial charge in [-0.05, 0) is 46.3 Å². The highest BCUT2D eigenvalue weighted by Gasteiger charge is 2.07. The maximum absolute atomic E-state index is 12.0. The molecular weight excluding hydrogens is 462 g/mol. The number of rotatable bonds is 28. The number of ketones is 1. The van der Waals surface area contributed by atoms with E-state index in [-0.39, 0.29) is 24.0 Å². The van der Waals surface area contributed by atoms with Gasteiger partial charge in [0.15, 0.2) is 0 Å². The Morgan fingerprint density at radius 2 is 0.946 bits per heavy atom. The molecule has 0 rings (SSSR count). The minimum atomic E-state index is -0.0345. The number of Topliss-reactive ketones (excluding diaryl/α,β-unsaturated/α-hetero) is 1. The van der Waals surface area contributed by atoms with Crippen molar-refractivity contribution in [3.8, 4) is 0 Å². The fraction of sp³-hybridized carbons (Fsp3) is 0.903. The average molecular weight is 524 g/mol. The molecule has 0 spiro atoms. The third-order valence-electron chi connectivity index (χ3n) is 6.95. The quantitative estimate of drug-likeness (QED) is 0.109. The van der Waals surface area contributed by atoms with E-state index in [9.17, 15) is 14.4 Å². The van der Waals surface area contributed by atoms with E-state index >= 15 is 0 Å². The van der Waals surface area contributed by atoms with E-state index in [0.717, 1.165) is 32.2 Å². The molecule has 2 N–H and O–H groups in total. The van der Waals surface area contributed by atoms with Crippen LogP contribution in [-0.2, 0) is 14.4 Å². The van der Waals surface area contributed by atoms with Crippen LogP contribution in [0, 0.1) is 0 Å². The van der Waals surface area contributed by atoms with Crippen LogP contribution >= 0.6 is 0 Å². The Balaban J connectivity index is 3.40. The number of nitrogens with one attached hydrogen (secondary N) is 2. The zero-order valence-electron chi connectivity index (χ0n) is 24.8. The maximum atomic E-state index is 12.0. The lowest BCUT2D eigenvalue weighted by Gasteiger charge is -2.09. The second-order valence-electron chi connectivity index (χ2n) is 11.1. The summed E-state index contributed by atoms with van der Waals surface area (Å²) in [5, 5.41) is 5.84. The van der Waals surface area contributed by atoms with Crippen molar-refractivity contribution in [3.05, 3.63) is 0 Å². The topological polar surface area (TPSA) is 78.5 Å². The molecule has 0 saturated heterocycles. The Bertz CT molecular complexity index is 552. The van der Waals surface area contributed by atoms with E-state index in [1.165, 1.54) is 83.5 Å². The summed E-state index contributed by atoms with van der Waals surface area (Å²) < 4.78 is 0. The number of amides is 2. The van der Waals surface area contributed by atoms with Crippen molar-refractivity contribution < 1.29 is 14.4 Å². The minimum absolute atomic E-state index is 0.0345. The first-order valence-corrected chi connectivity index (χ1v) is 15.7. The van der Waals surface area contributed by atoms with Gasteiger partial charge in [0.05, 0.1) is 0 Å². The lowest BCUT2D eigenvalue weighted by molar-refractivity contribution is -0.125. The van der Waals surface area contributed by atoms with Crippen LogP contribution in [0.1, 0.15) is 148 Å². The smallest absolute Gasteiger partial charge is 0.220 e. The van der Waals surface area contributed by atoms with Gasteiger partial charge in [-0.1, -0.05) is 96.8 Å². The highest BCUT2D eigenvalue weighted by Crippen LogP contribution is 2.13. The van der Waals surface area contributed by atoms with E-state index in [0.29, 0.717) is 38.8 Å². The monoisotopic (exact) mass is 523 g/mol. The Labute approximate surface area is 229 Å². The van der Waals surface area contributed by atoms with Gasteiger partial charge >= 0.3 is 0 Å². The third kappa shape index (κ3) is 29.0. The standard InChI is InChI=1S/C31H61N3O3/c1-4-5-6-7-8-9-10-11-12-13-14-15-18-23-30(36)33-27-21-22-29(35)24-25-31(37)32-26-19-16-17-20-28-34(2)3/h4-28H2,1-3H3,(H,32,37)(H,33,36). The SMILES string of the molecule is CCCCCCCCCCCCCCCC(=O)NCCCC(=O)CCC(=O)NCCCCCCN(C)C. The predicted octanol–water partition coefficient (Wildman–Crippen LogP) is 6.95. The Morgan fingerprint density at radius 1 is 0.486 bits per heavy atom. The van der Waals surface area contributed by atoms with Crippen molar-refractivity contribution in [2.45, 2.75) is 148 Å². The summed E-state index contributed by atoms with van der Waals surface area (Å²) in [6.07, 6.45) is 23.7. The zero-order chi connectivity index (χ0) is 27.4. The summed E-state index contributed by atoms with van der Waals surface area (Å²) in [7, 11) is 4.16. The van der Waals surface area contributed by atoms with Gasteiger partial charge in [-0.3, -0.25) is 14.4 Å². The zero-order valence-corrected chi connectivity index (χ0v) is 24.8. The number of nitrogens with zero attached hydrogens (tertiary/aromatic N) is 1. The number of unbranched alkanes of at least 4 members (excludes halogenated alkanes) is 15. The van der Waals surface area contributed by atoms with Crippen molar-refractivity contribution in [2.75, 3.05) is 33.7 Å². The fourth-order valence-electron chi connectivity index (χ4n) is 4.51. The van der Waals surface area contributed by atoms with E-state index in [4.69, 9.17) is 0 Å². The van der Waals surface area contributed by atoms with Crippen LogP contribution in [0.15, 0.2) is 0 Å². The summed E-state index contributed by atoms with van der Waals surface area (Å²) in [4.78, 5) is 38.0. The molecule has 0 atom stereocenters. The summed E-state index contributed by atoms with van der Waals surface area (Å²) >= 11 is 0. The molecule has 0 unspecified atom stereocenters. The third-order valence-corrected chi connectivity index (χ3v) is 6.95. The van der Waals surface area contributed by atoms with Crippen LogP contribution in [0.3, 0.4) is 0 Å². The van der Waals surface area contributed by atoms with Crippen LogP contribution in [0.5, 0.6) is 0 Å². The molecule has 6 heteroatoms. The molecule has 0 aliphatic carbocycles. The van der Waals surface area contributed by atoms with Gasteiger partial charge in [-0.25, -0.2) is 0 Å². The molecule has 0 saturated carbocycles. The Morgan fingerprint density at radius 3 is 1.51 bits per heavy atom. The summed E-state index contributed by atoms with van der Waals surface area (Å²) in [6, 6.07) is 0. The lowest BCUT2D eigenvalue weighted by atomic mass is 10.0. The molecule has 0 fully saturated rings. The normalized spacial score (nSPS) is 11.1. The van der Waals surface area contributed by atoms with E-state index < -0.39 is 0 Å². The maximum Gasteiger partial charge on any atom is 0.220 e. The van der Waals surface area contributed by atoms with Crippen LogP contribution in [0.2, 0.25) is 0 Å². The van der Waals surface area contributed by atoms with Crippen molar-refractivity contribution in [1.82, 2.24) is 15.5 Å². The second-order valence-corrected chi connectivity index (χ2v) is 11.1. The number of carbonyl (C=O) groups is 3.